The van der Waals surface area contributed by atoms with Gasteiger partial charge in [-0.25, -0.2) is 0 Å². The third-order valence-electron chi connectivity index (χ3n) is 5.54. The summed E-state index contributed by atoms with van der Waals surface area (Å²) in [6, 6.07) is 17.4. The molecule has 0 saturated heterocycles. The summed E-state index contributed by atoms with van der Waals surface area (Å²) in [5.74, 6) is -1.20. The van der Waals surface area contributed by atoms with Crippen molar-refractivity contribution < 1.29 is 14.3 Å². The van der Waals surface area contributed by atoms with E-state index in [1.807, 2.05) is 61.5 Å². The van der Waals surface area contributed by atoms with E-state index in [-0.39, 0.29) is 24.3 Å². The molecular weight excluding hydrogens is 430 g/mol. The summed E-state index contributed by atoms with van der Waals surface area (Å²) in [5, 5.41) is 0. The Bertz CT molecular complexity index is 993. The number of carbonyl (C=O) groups excluding carboxylic acids is 2. The molecule has 1 heterocycles. The second kappa shape index (κ2) is 8.46. The lowest BCUT2D eigenvalue weighted by atomic mass is 9.72. The molecule has 0 spiro atoms. The van der Waals surface area contributed by atoms with Crippen LogP contribution in [0.2, 0.25) is 0 Å². The van der Waals surface area contributed by atoms with Gasteiger partial charge in [-0.1, -0.05) is 58.4 Å². The van der Waals surface area contributed by atoms with Crippen molar-refractivity contribution in [2.45, 2.75) is 38.7 Å². The largest absolute Gasteiger partial charge is 0.460 e. The Morgan fingerprint density at radius 1 is 1.10 bits per heavy atom. The van der Waals surface area contributed by atoms with Gasteiger partial charge in [0.25, 0.3) is 0 Å². The lowest BCUT2D eigenvalue weighted by Crippen LogP contribution is -2.37. The van der Waals surface area contributed by atoms with Gasteiger partial charge >= 0.3 is 5.97 Å². The molecule has 1 unspecified atom stereocenters. The van der Waals surface area contributed by atoms with Crippen LogP contribution in [0.3, 0.4) is 0 Å². The Hall–Kier alpha value is -2.53. The fourth-order valence-corrected chi connectivity index (χ4v) is 4.42. The molecule has 2 aromatic carbocycles. The number of allylic oxidation sites excluding steroid dienone is 2. The van der Waals surface area contributed by atoms with Crippen molar-refractivity contribution in [1.82, 2.24) is 0 Å². The molecule has 1 aliphatic heterocycles. The van der Waals surface area contributed by atoms with E-state index >= 15 is 0 Å². The highest BCUT2D eigenvalue weighted by Crippen LogP contribution is 2.43. The lowest BCUT2D eigenvalue weighted by molar-refractivity contribution is -0.148. The lowest BCUT2D eigenvalue weighted by Gasteiger charge is -2.34. The number of esters is 1. The van der Waals surface area contributed by atoms with Crippen LogP contribution in [0.15, 0.2) is 75.3 Å². The minimum atomic E-state index is -0.597. The second-order valence-corrected chi connectivity index (χ2v) is 8.41. The number of ether oxygens (including phenoxy) is 1. The SMILES string of the molecule is CC1=NC2=C(C(=O)CCC2)[C@@H](c2ccc(Br)cc2)C1C(=O)OCc1ccccc1. The van der Waals surface area contributed by atoms with Gasteiger partial charge in [0.05, 0.1) is 0 Å². The molecule has 0 aromatic heterocycles. The number of halogens is 1. The molecule has 2 aliphatic rings. The summed E-state index contributed by atoms with van der Waals surface area (Å²) in [5.41, 5.74) is 4.10. The van der Waals surface area contributed by atoms with Crippen LogP contribution in [-0.2, 0) is 20.9 Å². The summed E-state index contributed by atoms with van der Waals surface area (Å²) in [7, 11) is 0. The zero-order valence-corrected chi connectivity index (χ0v) is 17.8. The Kier molecular flexibility index (Phi) is 5.76. The third kappa shape index (κ3) is 4.10. The predicted molar refractivity (Wildman–Crippen MR) is 116 cm³/mol. The summed E-state index contributed by atoms with van der Waals surface area (Å²) in [6.07, 6.45) is 2.09. The molecule has 0 radical (unpaired) electrons. The van der Waals surface area contributed by atoms with Crippen LogP contribution < -0.4 is 0 Å². The van der Waals surface area contributed by atoms with Crippen molar-refractivity contribution in [3.63, 3.8) is 0 Å². The summed E-state index contributed by atoms with van der Waals surface area (Å²) in [6.45, 7) is 2.07. The van der Waals surface area contributed by atoms with Crippen molar-refractivity contribution in [2.24, 2.45) is 10.9 Å². The Morgan fingerprint density at radius 3 is 2.55 bits per heavy atom. The molecule has 5 heteroatoms. The van der Waals surface area contributed by atoms with Gasteiger partial charge in [-0.15, -0.1) is 0 Å². The first kappa shape index (κ1) is 19.8. The van der Waals surface area contributed by atoms with Crippen LogP contribution in [0, 0.1) is 5.92 Å². The maximum atomic E-state index is 13.2. The second-order valence-electron chi connectivity index (χ2n) is 7.49. The number of benzene rings is 2. The van der Waals surface area contributed by atoms with E-state index in [2.05, 4.69) is 20.9 Å². The number of rotatable bonds is 4. The van der Waals surface area contributed by atoms with Gasteiger partial charge in [0.15, 0.2) is 5.78 Å². The van der Waals surface area contributed by atoms with Crippen LogP contribution in [0.25, 0.3) is 0 Å². The van der Waals surface area contributed by atoms with Gasteiger partial charge in [0, 0.05) is 33.8 Å². The number of nitrogens with zero attached hydrogens (tertiary/aromatic N) is 1. The van der Waals surface area contributed by atoms with Gasteiger partial charge in [0.1, 0.15) is 12.5 Å². The third-order valence-corrected chi connectivity index (χ3v) is 6.07. The number of ketones is 1. The molecule has 0 saturated carbocycles. The first-order valence-corrected chi connectivity index (χ1v) is 10.6. The first-order valence-electron chi connectivity index (χ1n) is 9.82. The predicted octanol–water partition coefficient (Wildman–Crippen LogP) is 5.37. The van der Waals surface area contributed by atoms with Crippen LogP contribution in [0.5, 0.6) is 0 Å². The van der Waals surface area contributed by atoms with Crippen molar-refractivity contribution in [2.75, 3.05) is 0 Å². The highest BCUT2D eigenvalue weighted by molar-refractivity contribution is 9.10. The Labute approximate surface area is 178 Å². The molecule has 29 heavy (non-hydrogen) atoms. The van der Waals surface area contributed by atoms with Gasteiger partial charge < -0.3 is 4.74 Å². The number of carbonyl (C=O) groups is 2. The van der Waals surface area contributed by atoms with E-state index in [1.54, 1.807) is 0 Å². The molecule has 2 aromatic rings. The van der Waals surface area contributed by atoms with Gasteiger partial charge in [-0.3, -0.25) is 14.6 Å². The van der Waals surface area contributed by atoms with Crippen LogP contribution in [0.1, 0.15) is 43.2 Å². The number of aliphatic imine (C=N–C) groups is 1. The topological polar surface area (TPSA) is 55.7 Å². The molecule has 1 aliphatic carbocycles. The molecule has 0 amide bonds. The van der Waals surface area contributed by atoms with E-state index in [9.17, 15) is 9.59 Å². The van der Waals surface area contributed by atoms with Crippen molar-refractivity contribution >= 4 is 33.4 Å². The quantitative estimate of drug-likeness (QED) is 0.586. The maximum Gasteiger partial charge on any atom is 0.315 e. The average molecular weight is 452 g/mol. The molecule has 4 rings (SSSR count). The van der Waals surface area contributed by atoms with Gasteiger partial charge in [-0.05, 0) is 43.0 Å². The maximum absolute atomic E-state index is 13.2. The van der Waals surface area contributed by atoms with Crippen LogP contribution >= 0.6 is 15.9 Å². The van der Waals surface area contributed by atoms with Crippen molar-refractivity contribution in [1.29, 1.82) is 0 Å². The zero-order chi connectivity index (χ0) is 20.4. The highest BCUT2D eigenvalue weighted by atomic mass is 79.9. The van der Waals surface area contributed by atoms with E-state index < -0.39 is 5.92 Å². The van der Waals surface area contributed by atoms with Crippen LogP contribution in [-0.4, -0.2) is 17.5 Å². The fourth-order valence-electron chi connectivity index (χ4n) is 4.16. The normalized spacial score (nSPS) is 21.4. The molecular formula is C24H22BrNO3. The van der Waals surface area contributed by atoms with Crippen LogP contribution in [0.4, 0.5) is 0 Å². The van der Waals surface area contributed by atoms with E-state index in [0.717, 1.165) is 34.1 Å². The highest BCUT2D eigenvalue weighted by Gasteiger charge is 2.43. The van der Waals surface area contributed by atoms with Crippen molar-refractivity contribution in [3.05, 3.63) is 81.5 Å². The number of hydrogen-bond donors (Lipinski definition) is 0. The van der Waals surface area contributed by atoms with Gasteiger partial charge in [0.2, 0.25) is 0 Å². The molecule has 0 fully saturated rings. The van der Waals surface area contributed by atoms with Gasteiger partial charge in [-0.2, -0.15) is 0 Å². The first-order chi connectivity index (χ1) is 14.0. The standard InChI is InChI=1S/C24H22BrNO3/c1-15-21(24(28)29-14-16-6-3-2-4-7-16)22(17-10-12-18(25)13-11-17)23-19(26-15)8-5-9-20(23)27/h2-4,6-7,10-13,21-22H,5,8-9,14H2,1H3/t21?,22-/m0/s1. The smallest absolute Gasteiger partial charge is 0.315 e. The number of hydrogen-bond acceptors (Lipinski definition) is 4. The molecule has 4 nitrogen and oxygen atoms in total. The fraction of sp³-hybridized carbons (Fsp3) is 0.292. The zero-order valence-electron chi connectivity index (χ0n) is 16.2. The Balaban J connectivity index is 1.69. The molecule has 2 atom stereocenters. The van der Waals surface area contributed by atoms with E-state index in [0.29, 0.717) is 17.7 Å². The molecule has 148 valence electrons. The molecule has 0 bridgehead atoms. The number of Topliss-reactive ketones (excluding diaryl/α,β-unsaturated/α-hetero) is 1. The minimum Gasteiger partial charge on any atom is -0.460 e. The monoisotopic (exact) mass is 451 g/mol. The summed E-state index contributed by atoms with van der Waals surface area (Å²) >= 11 is 3.46. The summed E-state index contributed by atoms with van der Waals surface area (Å²) in [4.78, 5) is 30.7. The Morgan fingerprint density at radius 2 is 1.83 bits per heavy atom. The molecule has 0 N–H and O–H groups in total. The minimum absolute atomic E-state index is 0.0938. The van der Waals surface area contributed by atoms with E-state index in [1.165, 1.54) is 0 Å². The van der Waals surface area contributed by atoms with Crippen molar-refractivity contribution in [3.8, 4) is 0 Å². The van der Waals surface area contributed by atoms with E-state index in [4.69, 9.17) is 4.74 Å². The summed E-state index contributed by atoms with van der Waals surface area (Å²) < 4.78 is 6.62. The average Bonchev–Trinajstić information content (AvgIpc) is 2.72.